The first-order chi connectivity index (χ1) is 15.9. The van der Waals surface area contributed by atoms with Crippen molar-refractivity contribution >= 4 is 17.3 Å². The van der Waals surface area contributed by atoms with Crippen LogP contribution in [-0.4, -0.2) is 35.4 Å². The molecule has 0 radical (unpaired) electrons. The van der Waals surface area contributed by atoms with E-state index in [-0.39, 0.29) is 24.2 Å². The zero-order valence-corrected chi connectivity index (χ0v) is 20.0. The zero-order chi connectivity index (χ0) is 23.8. The van der Waals surface area contributed by atoms with Crippen molar-refractivity contribution in [3.8, 4) is 0 Å². The van der Waals surface area contributed by atoms with Gasteiger partial charge in [0.25, 0.3) is 0 Å². The summed E-state index contributed by atoms with van der Waals surface area (Å²) in [6.45, 7) is 6.86. The lowest BCUT2D eigenvalue weighted by molar-refractivity contribution is -0.126. The van der Waals surface area contributed by atoms with Crippen LogP contribution in [0.25, 0.3) is 0 Å². The van der Waals surface area contributed by atoms with Gasteiger partial charge in [-0.05, 0) is 69.4 Å². The van der Waals surface area contributed by atoms with Crippen LogP contribution in [0.2, 0.25) is 0 Å². The molecule has 0 bridgehead atoms. The second-order valence-corrected chi connectivity index (χ2v) is 9.02. The second-order valence-electron chi connectivity index (χ2n) is 9.02. The van der Waals surface area contributed by atoms with Crippen molar-refractivity contribution in [1.29, 1.82) is 0 Å². The number of halogens is 1. The van der Waals surface area contributed by atoms with E-state index in [4.69, 9.17) is 10.2 Å². The summed E-state index contributed by atoms with van der Waals surface area (Å²) in [4.78, 5) is 13.7. The van der Waals surface area contributed by atoms with Gasteiger partial charge < -0.3 is 10.4 Å². The van der Waals surface area contributed by atoms with Crippen molar-refractivity contribution in [3.63, 3.8) is 0 Å². The van der Waals surface area contributed by atoms with Crippen LogP contribution in [0.5, 0.6) is 0 Å². The maximum Gasteiger partial charge on any atom is 0.248 e. The van der Waals surface area contributed by atoms with Crippen molar-refractivity contribution in [2.24, 2.45) is 11.0 Å². The lowest BCUT2D eigenvalue weighted by Gasteiger charge is -2.37. The van der Waals surface area contributed by atoms with Gasteiger partial charge in [-0.1, -0.05) is 49.6 Å². The van der Waals surface area contributed by atoms with Crippen LogP contribution in [0.15, 0.2) is 53.6 Å². The number of aliphatic hydroxyl groups excluding tert-OH is 1. The van der Waals surface area contributed by atoms with E-state index in [0.717, 1.165) is 61.1 Å². The molecule has 2 aromatic rings. The van der Waals surface area contributed by atoms with Crippen LogP contribution in [0.3, 0.4) is 0 Å². The smallest absolute Gasteiger partial charge is 0.248 e. The highest BCUT2D eigenvalue weighted by molar-refractivity contribution is 6.10. The molecule has 178 valence electrons. The monoisotopic (exact) mass is 453 g/mol. The summed E-state index contributed by atoms with van der Waals surface area (Å²) >= 11 is 0. The molecule has 0 saturated carbocycles. The van der Waals surface area contributed by atoms with Crippen LogP contribution in [0, 0.1) is 18.7 Å². The van der Waals surface area contributed by atoms with Crippen LogP contribution < -0.4 is 10.3 Å². The first-order valence-corrected chi connectivity index (χ1v) is 12.0. The van der Waals surface area contributed by atoms with Gasteiger partial charge in [0, 0.05) is 19.1 Å². The molecule has 2 unspecified atom stereocenters. The SMILES string of the molecule is CCCCC1C(c2ccc(F)cc2)=NN(c2ccc(C)cc2)C1(C)C(=O)NCCCCCO. The first-order valence-electron chi connectivity index (χ1n) is 12.0. The van der Waals surface area contributed by atoms with E-state index in [1.165, 1.54) is 12.1 Å². The van der Waals surface area contributed by atoms with E-state index < -0.39 is 5.54 Å². The van der Waals surface area contributed by atoms with Gasteiger partial charge in [-0.15, -0.1) is 0 Å². The molecule has 0 fully saturated rings. The number of amides is 1. The number of hydrogen-bond acceptors (Lipinski definition) is 4. The van der Waals surface area contributed by atoms with Gasteiger partial charge in [0.2, 0.25) is 5.91 Å². The van der Waals surface area contributed by atoms with Crippen LogP contribution in [0.1, 0.15) is 63.5 Å². The minimum absolute atomic E-state index is 0.0611. The molecule has 5 nitrogen and oxygen atoms in total. The predicted octanol–water partition coefficient (Wildman–Crippen LogP) is 5.20. The number of hydrogen-bond donors (Lipinski definition) is 2. The Morgan fingerprint density at radius 1 is 1.09 bits per heavy atom. The molecule has 0 aliphatic carbocycles. The lowest BCUT2D eigenvalue weighted by atomic mass is 9.77. The highest BCUT2D eigenvalue weighted by Gasteiger charge is 2.53. The maximum absolute atomic E-state index is 13.7. The quantitative estimate of drug-likeness (QED) is 0.460. The Kier molecular flexibility index (Phi) is 8.61. The highest BCUT2D eigenvalue weighted by Crippen LogP contribution is 2.41. The molecule has 2 N–H and O–H groups in total. The number of aryl methyl sites for hydroxylation is 1. The third-order valence-corrected chi connectivity index (χ3v) is 6.50. The van der Waals surface area contributed by atoms with E-state index in [0.29, 0.717) is 6.54 Å². The molecule has 1 aliphatic heterocycles. The highest BCUT2D eigenvalue weighted by atomic mass is 19.1. The molecule has 6 heteroatoms. The van der Waals surface area contributed by atoms with Gasteiger partial charge in [-0.2, -0.15) is 5.10 Å². The Morgan fingerprint density at radius 3 is 2.42 bits per heavy atom. The Hall–Kier alpha value is -2.73. The normalized spacial score (nSPS) is 20.1. The minimum Gasteiger partial charge on any atom is -0.396 e. The molecule has 2 aromatic carbocycles. The van der Waals surface area contributed by atoms with Crippen molar-refractivity contribution in [2.45, 2.75) is 64.8 Å². The topological polar surface area (TPSA) is 64.9 Å². The first kappa shape index (κ1) is 24.9. The van der Waals surface area contributed by atoms with Gasteiger partial charge in [0.05, 0.1) is 11.4 Å². The summed E-state index contributed by atoms with van der Waals surface area (Å²) in [5.74, 6) is -0.489. The molecular formula is C27H36FN3O2. The van der Waals surface area contributed by atoms with Gasteiger partial charge in [-0.25, -0.2) is 9.40 Å². The fourth-order valence-corrected chi connectivity index (χ4v) is 4.46. The van der Waals surface area contributed by atoms with Gasteiger partial charge in [-0.3, -0.25) is 4.79 Å². The summed E-state index contributed by atoms with van der Waals surface area (Å²) in [6, 6.07) is 14.4. The molecule has 33 heavy (non-hydrogen) atoms. The summed E-state index contributed by atoms with van der Waals surface area (Å²) < 4.78 is 13.6. The number of carbonyl (C=O) groups excluding carboxylic acids is 1. The molecule has 0 spiro atoms. The molecular weight excluding hydrogens is 417 g/mol. The van der Waals surface area contributed by atoms with Crippen molar-refractivity contribution in [2.75, 3.05) is 18.2 Å². The predicted molar refractivity (Wildman–Crippen MR) is 132 cm³/mol. The number of unbranched alkanes of at least 4 members (excludes halogenated alkanes) is 3. The average molecular weight is 454 g/mol. The van der Waals surface area contributed by atoms with E-state index in [9.17, 15) is 9.18 Å². The Balaban J connectivity index is 2.00. The number of rotatable bonds is 11. The number of nitrogens with one attached hydrogen (secondary N) is 1. The molecule has 1 heterocycles. The molecule has 0 aromatic heterocycles. The molecule has 0 saturated heterocycles. The van der Waals surface area contributed by atoms with Gasteiger partial charge in [0.15, 0.2) is 0 Å². The average Bonchev–Trinajstić information content (AvgIpc) is 3.11. The van der Waals surface area contributed by atoms with E-state index in [1.807, 2.05) is 43.1 Å². The van der Waals surface area contributed by atoms with Crippen molar-refractivity contribution < 1.29 is 14.3 Å². The largest absolute Gasteiger partial charge is 0.396 e. The summed E-state index contributed by atoms with van der Waals surface area (Å²) in [5, 5.41) is 19.0. The number of aliphatic hydroxyl groups is 1. The van der Waals surface area contributed by atoms with E-state index in [1.54, 1.807) is 12.1 Å². The summed E-state index contributed by atoms with van der Waals surface area (Å²) in [6.07, 6.45) is 5.20. The van der Waals surface area contributed by atoms with Crippen LogP contribution in [-0.2, 0) is 4.79 Å². The Labute approximate surface area is 196 Å². The number of anilines is 1. The van der Waals surface area contributed by atoms with Crippen LogP contribution in [0.4, 0.5) is 10.1 Å². The molecule has 1 amide bonds. The van der Waals surface area contributed by atoms with Crippen molar-refractivity contribution in [1.82, 2.24) is 5.32 Å². The number of carbonyl (C=O) groups is 1. The summed E-state index contributed by atoms with van der Waals surface area (Å²) in [7, 11) is 0. The van der Waals surface area contributed by atoms with Crippen LogP contribution >= 0.6 is 0 Å². The molecule has 3 rings (SSSR count). The third-order valence-electron chi connectivity index (χ3n) is 6.50. The number of benzene rings is 2. The third kappa shape index (κ3) is 5.61. The van der Waals surface area contributed by atoms with E-state index in [2.05, 4.69) is 12.2 Å². The number of nitrogens with zero attached hydrogens (tertiary/aromatic N) is 2. The van der Waals surface area contributed by atoms with Crippen molar-refractivity contribution in [3.05, 3.63) is 65.5 Å². The molecule has 2 atom stereocenters. The zero-order valence-electron chi connectivity index (χ0n) is 20.0. The van der Waals surface area contributed by atoms with Gasteiger partial charge >= 0.3 is 0 Å². The minimum atomic E-state index is -0.912. The molecule has 1 aliphatic rings. The fraction of sp³-hybridized carbons (Fsp3) is 0.481. The lowest BCUT2D eigenvalue weighted by Crippen LogP contribution is -2.58. The second kappa shape index (κ2) is 11.4. The fourth-order valence-electron chi connectivity index (χ4n) is 4.46. The maximum atomic E-state index is 13.7. The standard InChI is InChI=1S/C27H36FN3O2/c1-4-5-9-24-25(21-12-14-22(28)15-13-21)30-31(23-16-10-20(2)11-17-23)27(24,3)26(33)29-18-7-6-8-19-32/h10-17,24,32H,4-9,18-19H2,1-3H3,(H,29,33). The van der Waals surface area contributed by atoms with E-state index >= 15 is 0 Å². The summed E-state index contributed by atoms with van der Waals surface area (Å²) in [5.41, 5.74) is 2.75. The van der Waals surface area contributed by atoms with Gasteiger partial charge in [0.1, 0.15) is 11.4 Å². The number of hydrazone groups is 1. The Morgan fingerprint density at radius 2 is 1.79 bits per heavy atom. The Bertz CT molecular complexity index is 943.